The van der Waals surface area contributed by atoms with Crippen LogP contribution in [-0.4, -0.2) is 51.0 Å². The summed E-state index contributed by atoms with van der Waals surface area (Å²) in [7, 11) is 3.29. The van der Waals surface area contributed by atoms with Gasteiger partial charge < -0.3 is 25.2 Å². The molecule has 0 heterocycles. The van der Waals surface area contributed by atoms with Crippen molar-refractivity contribution in [1.82, 2.24) is 10.6 Å². The second-order valence-electron chi connectivity index (χ2n) is 7.48. The molecule has 0 aliphatic heterocycles. The van der Waals surface area contributed by atoms with Gasteiger partial charge in [-0.3, -0.25) is 4.99 Å². The number of ether oxygens (including phenoxy) is 2. The average molecular weight is 378 g/mol. The number of rotatable bonds is 8. The smallest absolute Gasteiger partial charge is 0.191 e. The maximum atomic E-state index is 10.4. The molecular weight excluding hydrogens is 342 g/mol. The minimum atomic E-state index is -0.260. The number of hydrogen-bond donors (Lipinski definition) is 3. The highest BCUT2D eigenvalue weighted by Gasteiger charge is 2.35. The Labute approximate surface area is 163 Å². The fraction of sp³-hybridized carbons (Fsp3) is 0.667. The summed E-state index contributed by atoms with van der Waals surface area (Å²) < 4.78 is 10.6. The zero-order chi connectivity index (χ0) is 19.7. The van der Waals surface area contributed by atoms with Crippen molar-refractivity contribution in [3.05, 3.63) is 23.8 Å². The van der Waals surface area contributed by atoms with Gasteiger partial charge in [0.05, 0.1) is 26.9 Å². The predicted molar refractivity (Wildman–Crippen MR) is 110 cm³/mol. The Balaban J connectivity index is 1.92. The molecule has 0 aromatic heterocycles. The van der Waals surface area contributed by atoms with Gasteiger partial charge in [-0.1, -0.05) is 25.8 Å². The van der Waals surface area contributed by atoms with Gasteiger partial charge in [-0.05, 0) is 43.9 Å². The molecule has 2 atom stereocenters. The first-order valence-corrected chi connectivity index (χ1v) is 9.93. The van der Waals surface area contributed by atoms with E-state index in [0.717, 1.165) is 56.2 Å². The Morgan fingerprint density at radius 3 is 2.67 bits per heavy atom. The minimum Gasteiger partial charge on any atom is -0.493 e. The largest absolute Gasteiger partial charge is 0.493 e. The van der Waals surface area contributed by atoms with Crippen LogP contribution in [-0.2, 0) is 6.42 Å². The number of methoxy groups -OCH3 is 2. The zero-order valence-electron chi connectivity index (χ0n) is 17.2. The highest BCUT2D eigenvalue weighted by molar-refractivity contribution is 5.79. The van der Waals surface area contributed by atoms with Gasteiger partial charge in [0, 0.05) is 18.5 Å². The third kappa shape index (κ3) is 6.03. The molecule has 152 valence electrons. The van der Waals surface area contributed by atoms with E-state index in [9.17, 15) is 5.11 Å². The first-order valence-electron chi connectivity index (χ1n) is 9.93. The molecule has 2 unspecified atom stereocenters. The molecule has 0 saturated heterocycles. The number of nitrogens with one attached hydrogen (secondary N) is 2. The summed E-state index contributed by atoms with van der Waals surface area (Å²) in [5.41, 5.74) is 1.05. The van der Waals surface area contributed by atoms with Crippen LogP contribution in [0.3, 0.4) is 0 Å². The third-order valence-electron chi connectivity index (χ3n) is 5.38. The Bertz CT molecular complexity index is 621. The van der Waals surface area contributed by atoms with Crippen LogP contribution in [0.4, 0.5) is 0 Å². The molecule has 27 heavy (non-hydrogen) atoms. The molecule has 0 radical (unpaired) electrons. The van der Waals surface area contributed by atoms with Gasteiger partial charge in [0.2, 0.25) is 0 Å². The summed E-state index contributed by atoms with van der Waals surface area (Å²) in [6, 6.07) is 5.98. The Hall–Kier alpha value is -1.95. The molecule has 1 aliphatic carbocycles. The van der Waals surface area contributed by atoms with Crippen molar-refractivity contribution in [2.75, 3.05) is 33.9 Å². The van der Waals surface area contributed by atoms with E-state index < -0.39 is 0 Å². The monoisotopic (exact) mass is 377 g/mol. The highest BCUT2D eigenvalue weighted by atomic mass is 16.5. The van der Waals surface area contributed by atoms with Crippen molar-refractivity contribution in [3.63, 3.8) is 0 Å². The first kappa shape index (κ1) is 21.4. The molecule has 1 fully saturated rings. The van der Waals surface area contributed by atoms with Gasteiger partial charge in [0.15, 0.2) is 17.5 Å². The fourth-order valence-electron chi connectivity index (χ4n) is 3.53. The summed E-state index contributed by atoms with van der Waals surface area (Å²) in [4.78, 5) is 4.74. The second kappa shape index (κ2) is 10.4. The lowest BCUT2D eigenvalue weighted by molar-refractivity contribution is 0.00716. The summed E-state index contributed by atoms with van der Waals surface area (Å²) in [5.74, 6) is 2.29. The van der Waals surface area contributed by atoms with Crippen molar-refractivity contribution in [3.8, 4) is 11.5 Å². The number of aliphatic imine (C=N–C) groups is 1. The molecular formula is C21H35N3O3. The summed E-state index contributed by atoms with van der Waals surface area (Å²) >= 11 is 0. The third-order valence-corrected chi connectivity index (χ3v) is 5.38. The fourth-order valence-corrected chi connectivity index (χ4v) is 3.53. The van der Waals surface area contributed by atoms with Crippen molar-refractivity contribution in [2.24, 2.45) is 10.4 Å². The molecule has 2 rings (SSSR count). The summed E-state index contributed by atoms with van der Waals surface area (Å²) in [6.45, 7) is 6.41. The van der Waals surface area contributed by atoms with E-state index in [0.29, 0.717) is 6.54 Å². The topological polar surface area (TPSA) is 75.1 Å². The van der Waals surface area contributed by atoms with Crippen LogP contribution in [0, 0.1) is 5.41 Å². The quantitative estimate of drug-likeness (QED) is 0.480. The van der Waals surface area contributed by atoms with Crippen molar-refractivity contribution < 1.29 is 14.6 Å². The second-order valence-corrected chi connectivity index (χ2v) is 7.48. The average Bonchev–Trinajstić information content (AvgIpc) is 2.68. The number of aliphatic hydroxyl groups excluding tert-OH is 1. The number of aliphatic hydroxyl groups is 1. The summed E-state index contributed by atoms with van der Waals surface area (Å²) in [5, 5.41) is 17.0. The summed E-state index contributed by atoms with van der Waals surface area (Å²) in [6.07, 6.45) is 4.80. The first-order chi connectivity index (χ1) is 13.0. The maximum Gasteiger partial charge on any atom is 0.191 e. The van der Waals surface area contributed by atoms with Crippen LogP contribution in [0.2, 0.25) is 0 Å². The molecule has 1 aromatic rings. The van der Waals surface area contributed by atoms with Gasteiger partial charge in [-0.15, -0.1) is 0 Å². The van der Waals surface area contributed by atoms with Crippen molar-refractivity contribution in [1.29, 1.82) is 0 Å². The van der Waals surface area contributed by atoms with Gasteiger partial charge in [-0.2, -0.15) is 0 Å². The SMILES string of the molecule is CCNC(=NCC1(C)CCCCC1O)NCCc1ccc(OC)c(OC)c1. The van der Waals surface area contributed by atoms with Gasteiger partial charge in [-0.25, -0.2) is 0 Å². The van der Waals surface area contributed by atoms with E-state index in [1.54, 1.807) is 14.2 Å². The molecule has 0 spiro atoms. The van der Waals surface area contributed by atoms with Crippen LogP contribution in [0.15, 0.2) is 23.2 Å². The highest BCUT2D eigenvalue weighted by Crippen LogP contribution is 2.36. The van der Waals surface area contributed by atoms with Crippen LogP contribution >= 0.6 is 0 Å². The van der Waals surface area contributed by atoms with Gasteiger partial charge in [0.25, 0.3) is 0 Å². The van der Waals surface area contributed by atoms with Gasteiger partial charge >= 0.3 is 0 Å². The molecule has 0 bridgehead atoms. The molecule has 0 amide bonds. The zero-order valence-corrected chi connectivity index (χ0v) is 17.2. The van der Waals surface area contributed by atoms with Crippen molar-refractivity contribution >= 4 is 5.96 Å². The van der Waals surface area contributed by atoms with E-state index in [1.807, 2.05) is 18.2 Å². The van der Waals surface area contributed by atoms with Crippen LogP contribution in [0.5, 0.6) is 11.5 Å². The standard InChI is InChI=1S/C21H35N3O3/c1-5-22-20(24-15-21(2)12-7-6-8-19(21)25)23-13-11-16-9-10-17(26-3)18(14-16)27-4/h9-10,14,19,25H,5-8,11-13,15H2,1-4H3,(H2,22,23,24). The molecule has 1 aromatic carbocycles. The number of benzene rings is 1. The number of guanidine groups is 1. The van der Waals surface area contributed by atoms with E-state index in [2.05, 4.69) is 24.5 Å². The molecule has 6 nitrogen and oxygen atoms in total. The lowest BCUT2D eigenvalue weighted by Crippen LogP contribution is -2.42. The predicted octanol–water partition coefficient (Wildman–Crippen LogP) is 2.74. The minimum absolute atomic E-state index is 0.121. The number of nitrogens with zero attached hydrogens (tertiary/aromatic N) is 1. The Morgan fingerprint density at radius 2 is 2.00 bits per heavy atom. The maximum absolute atomic E-state index is 10.4. The van der Waals surface area contributed by atoms with Crippen molar-refractivity contribution in [2.45, 2.75) is 52.1 Å². The van der Waals surface area contributed by atoms with E-state index in [1.165, 1.54) is 12.0 Å². The Kier molecular flexibility index (Phi) is 8.23. The number of hydrogen-bond acceptors (Lipinski definition) is 4. The molecule has 1 aliphatic rings. The lowest BCUT2D eigenvalue weighted by Gasteiger charge is -2.37. The Morgan fingerprint density at radius 1 is 1.22 bits per heavy atom. The lowest BCUT2D eigenvalue weighted by atomic mass is 9.73. The van der Waals surface area contributed by atoms with E-state index in [-0.39, 0.29) is 11.5 Å². The van der Waals surface area contributed by atoms with E-state index >= 15 is 0 Å². The van der Waals surface area contributed by atoms with E-state index in [4.69, 9.17) is 14.5 Å². The van der Waals surface area contributed by atoms with Crippen LogP contribution in [0.25, 0.3) is 0 Å². The normalized spacial score (nSPS) is 23.0. The van der Waals surface area contributed by atoms with Gasteiger partial charge in [0.1, 0.15) is 0 Å². The van der Waals surface area contributed by atoms with Crippen LogP contribution in [0.1, 0.15) is 45.1 Å². The van der Waals surface area contributed by atoms with Crippen LogP contribution < -0.4 is 20.1 Å². The molecule has 6 heteroatoms. The molecule has 1 saturated carbocycles. The molecule has 3 N–H and O–H groups in total.